The molecule has 0 radical (unpaired) electrons. The van der Waals surface area contributed by atoms with Crippen molar-refractivity contribution in [2.75, 3.05) is 46.8 Å². The van der Waals surface area contributed by atoms with Crippen molar-refractivity contribution >= 4 is 11.9 Å². The fraction of sp³-hybridized carbons (Fsp3) is 0.769. The number of carbonyl (C=O) groups excluding carboxylic acids is 2. The zero-order valence-corrected chi connectivity index (χ0v) is 20.8. The number of piperidine rings is 1. The van der Waals surface area contributed by atoms with Crippen LogP contribution in [-0.2, 0) is 4.79 Å². The van der Waals surface area contributed by atoms with Crippen molar-refractivity contribution in [1.82, 2.24) is 25.3 Å². The van der Waals surface area contributed by atoms with Crippen LogP contribution in [0.3, 0.4) is 0 Å². The van der Waals surface area contributed by atoms with Crippen molar-refractivity contribution < 1.29 is 9.59 Å². The van der Waals surface area contributed by atoms with Gasteiger partial charge in [-0.15, -0.1) is 6.58 Å². The number of amides is 3. The van der Waals surface area contributed by atoms with Crippen LogP contribution in [0.1, 0.15) is 45.4 Å². The number of fused-ring (bicyclic) bond motifs is 2. The summed E-state index contributed by atoms with van der Waals surface area (Å²) in [5, 5.41) is 6.54. The Kier molecular flexibility index (Phi) is 7.80. The molecule has 2 N–H and O–H groups in total. The largest absolute Gasteiger partial charge is 0.388 e. The molecule has 2 heterocycles. The minimum Gasteiger partial charge on any atom is -0.388 e. The third-order valence-corrected chi connectivity index (χ3v) is 8.37. The van der Waals surface area contributed by atoms with Gasteiger partial charge in [0.2, 0.25) is 5.91 Å². The number of nitrogens with one attached hydrogen (secondary N) is 2. The molecule has 2 aliphatic heterocycles. The summed E-state index contributed by atoms with van der Waals surface area (Å²) >= 11 is 0. The fourth-order valence-corrected chi connectivity index (χ4v) is 7.05. The van der Waals surface area contributed by atoms with E-state index in [1.165, 1.54) is 24.2 Å². The molecule has 33 heavy (non-hydrogen) atoms. The second kappa shape index (κ2) is 10.6. The first-order valence-corrected chi connectivity index (χ1v) is 13.0. The summed E-state index contributed by atoms with van der Waals surface area (Å²) in [4.78, 5) is 32.7. The van der Waals surface area contributed by atoms with Gasteiger partial charge in [-0.05, 0) is 83.3 Å². The van der Waals surface area contributed by atoms with Crippen LogP contribution in [0.25, 0.3) is 0 Å². The number of hydrogen-bond donors (Lipinski definition) is 2. The highest BCUT2D eigenvalue weighted by atomic mass is 16.2. The predicted octanol–water partition coefficient (Wildman–Crippen LogP) is 2.66. The van der Waals surface area contributed by atoms with Gasteiger partial charge in [-0.2, -0.15) is 0 Å². The molecule has 184 valence electrons. The van der Waals surface area contributed by atoms with Gasteiger partial charge in [0.25, 0.3) is 0 Å². The van der Waals surface area contributed by atoms with Gasteiger partial charge in [-0.3, -0.25) is 14.6 Å². The summed E-state index contributed by atoms with van der Waals surface area (Å²) in [6.07, 6.45) is 10.8. The van der Waals surface area contributed by atoms with Crippen molar-refractivity contribution in [2.24, 2.45) is 23.7 Å². The first-order valence-electron chi connectivity index (χ1n) is 13.0. The lowest BCUT2D eigenvalue weighted by Crippen LogP contribution is -2.59. The van der Waals surface area contributed by atoms with Crippen LogP contribution in [0.4, 0.5) is 4.79 Å². The maximum absolute atomic E-state index is 13.8. The van der Waals surface area contributed by atoms with Gasteiger partial charge in [-0.25, -0.2) is 4.79 Å². The minimum absolute atomic E-state index is 0.00506. The molecule has 7 nitrogen and oxygen atoms in total. The Morgan fingerprint density at radius 2 is 2.09 bits per heavy atom. The standard InChI is InChI=1S/C26H43N5O2/c1-5-11-30-17-19(25(32)31(26(33)27-6-2)13-8-12-29(3)4)14-21-20-9-7-10-22-24(20)18(16-28-22)15-23(21)30/h5,16,19-24,28H,1,6-15,17H2,2-4H3,(H,27,33). The molecule has 7 heteroatoms. The van der Waals surface area contributed by atoms with E-state index in [2.05, 4.69) is 33.2 Å². The maximum atomic E-state index is 13.8. The Morgan fingerprint density at radius 1 is 1.27 bits per heavy atom. The Morgan fingerprint density at radius 3 is 2.82 bits per heavy atom. The average molecular weight is 458 g/mol. The summed E-state index contributed by atoms with van der Waals surface area (Å²) in [5.41, 5.74) is 1.59. The van der Waals surface area contributed by atoms with Crippen LogP contribution >= 0.6 is 0 Å². The smallest absolute Gasteiger partial charge is 0.324 e. The summed E-state index contributed by atoms with van der Waals surface area (Å²) in [6.45, 7) is 9.28. The van der Waals surface area contributed by atoms with Crippen molar-refractivity contribution in [1.29, 1.82) is 0 Å². The summed E-state index contributed by atoms with van der Waals surface area (Å²) in [7, 11) is 4.04. The number of nitrogens with zero attached hydrogens (tertiary/aromatic N) is 3. The third-order valence-electron chi connectivity index (χ3n) is 8.37. The van der Waals surface area contributed by atoms with Crippen LogP contribution < -0.4 is 10.6 Å². The molecule has 6 atom stereocenters. The molecule has 0 aromatic rings. The Hall–Kier alpha value is -1.86. The molecular weight excluding hydrogens is 414 g/mol. The summed E-state index contributed by atoms with van der Waals surface area (Å²) in [5.74, 6) is 1.66. The highest BCUT2D eigenvalue weighted by Crippen LogP contribution is 2.53. The zero-order valence-electron chi connectivity index (χ0n) is 20.8. The lowest BCUT2D eigenvalue weighted by atomic mass is 9.58. The molecule has 6 unspecified atom stereocenters. The van der Waals surface area contributed by atoms with Crippen molar-refractivity contribution in [2.45, 2.75) is 57.5 Å². The average Bonchev–Trinajstić information content (AvgIpc) is 3.21. The number of hydrogen-bond acceptors (Lipinski definition) is 5. The van der Waals surface area contributed by atoms with E-state index < -0.39 is 0 Å². The summed E-state index contributed by atoms with van der Waals surface area (Å²) in [6, 6.07) is 0.816. The predicted molar refractivity (Wildman–Crippen MR) is 132 cm³/mol. The van der Waals surface area contributed by atoms with E-state index in [0.29, 0.717) is 42.9 Å². The van der Waals surface area contributed by atoms with Gasteiger partial charge in [0, 0.05) is 44.2 Å². The van der Waals surface area contributed by atoms with E-state index in [4.69, 9.17) is 0 Å². The Balaban J connectivity index is 1.54. The molecule has 3 fully saturated rings. The summed E-state index contributed by atoms with van der Waals surface area (Å²) < 4.78 is 0. The van der Waals surface area contributed by atoms with Gasteiger partial charge in [0.1, 0.15) is 0 Å². The lowest BCUT2D eigenvalue weighted by Gasteiger charge is -2.54. The number of carbonyl (C=O) groups is 2. The lowest BCUT2D eigenvalue weighted by molar-refractivity contribution is -0.137. The molecule has 0 aromatic carbocycles. The van der Waals surface area contributed by atoms with E-state index in [-0.39, 0.29) is 17.9 Å². The molecule has 0 bridgehead atoms. The minimum atomic E-state index is -0.245. The normalized spacial score (nSPS) is 32.9. The Labute approximate surface area is 199 Å². The van der Waals surface area contributed by atoms with E-state index in [1.54, 1.807) is 5.57 Å². The highest BCUT2D eigenvalue weighted by Gasteiger charge is 2.53. The van der Waals surface area contributed by atoms with Crippen molar-refractivity contribution in [3.05, 3.63) is 24.4 Å². The van der Waals surface area contributed by atoms with Crippen LogP contribution in [0.5, 0.6) is 0 Å². The van der Waals surface area contributed by atoms with Crippen molar-refractivity contribution in [3.8, 4) is 0 Å². The topological polar surface area (TPSA) is 67.9 Å². The first-order chi connectivity index (χ1) is 15.9. The quantitative estimate of drug-likeness (QED) is 0.549. The molecule has 4 aliphatic rings. The van der Waals surface area contributed by atoms with Gasteiger partial charge in [0.15, 0.2) is 0 Å². The van der Waals surface area contributed by atoms with Crippen LogP contribution in [-0.4, -0.2) is 85.5 Å². The van der Waals surface area contributed by atoms with E-state index in [1.807, 2.05) is 27.1 Å². The first kappa shape index (κ1) is 24.3. The Bertz CT molecular complexity index is 766. The van der Waals surface area contributed by atoms with Gasteiger partial charge < -0.3 is 15.5 Å². The van der Waals surface area contributed by atoms with Gasteiger partial charge >= 0.3 is 6.03 Å². The second-order valence-corrected chi connectivity index (χ2v) is 10.7. The fourth-order valence-electron chi connectivity index (χ4n) is 7.05. The van der Waals surface area contributed by atoms with Gasteiger partial charge in [-0.1, -0.05) is 12.5 Å². The molecule has 2 aliphatic carbocycles. The molecule has 0 aromatic heterocycles. The van der Waals surface area contributed by atoms with Crippen molar-refractivity contribution in [3.63, 3.8) is 0 Å². The highest BCUT2D eigenvalue weighted by molar-refractivity contribution is 5.95. The molecule has 4 rings (SSSR count). The molecule has 2 saturated carbocycles. The van der Waals surface area contributed by atoms with E-state index in [0.717, 1.165) is 38.9 Å². The number of urea groups is 1. The van der Waals surface area contributed by atoms with E-state index >= 15 is 0 Å². The monoisotopic (exact) mass is 457 g/mol. The molecule has 0 spiro atoms. The molecular formula is C26H43N5O2. The second-order valence-electron chi connectivity index (χ2n) is 10.7. The van der Waals surface area contributed by atoms with Crippen LogP contribution in [0.2, 0.25) is 0 Å². The SMILES string of the molecule is C=CCN1CC(C(=O)N(CCCN(C)C)C(=O)NCC)CC2C3CCCC4NC=C(CC21)C43. The van der Waals surface area contributed by atoms with E-state index in [9.17, 15) is 9.59 Å². The number of imide groups is 1. The van der Waals surface area contributed by atoms with Crippen LogP contribution in [0, 0.1) is 23.7 Å². The number of likely N-dealkylation sites (tertiary alicyclic amines) is 1. The van der Waals surface area contributed by atoms with Gasteiger partial charge in [0.05, 0.1) is 5.92 Å². The molecule has 1 saturated heterocycles. The van der Waals surface area contributed by atoms with Crippen LogP contribution in [0.15, 0.2) is 24.4 Å². The number of rotatable bonds is 8. The molecule has 3 amide bonds. The third kappa shape index (κ3) is 4.99. The maximum Gasteiger partial charge on any atom is 0.324 e. The zero-order chi connectivity index (χ0) is 23.5.